The van der Waals surface area contributed by atoms with Crippen LogP contribution in [0.4, 0.5) is 0 Å². The molecule has 1 aliphatic rings. The molecule has 4 heteroatoms. The molecule has 1 saturated carbocycles. The van der Waals surface area contributed by atoms with Crippen LogP contribution in [0.3, 0.4) is 0 Å². The number of aromatic nitrogens is 3. The molecule has 0 aromatic carbocycles. The minimum Gasteiger partial charge on any atom is -0.221 e. The van der Waals surface area contributed by atoms with Gasteiger partial charge in [0.05, 0.1) is 0 Å². The van der Waals surface area contributed by atoms with E-state index >= 15 is 0 Å². The molecule has 0 radical (unpaired) electrons. The van der Waals surface area contributed by atoms with Gasteiger partial charge in [-0.15, -0.1) is 0 Å². The molecular formula is C6H6BrN3. The third kappa shape index (κ3) is 1.16. The smallest absolute Gasteiger partial charge is 0.199 e. The zero-order valence-corrected chi connectivity index (χ0v) is 6.87. The van der Waals surface area contributed by atoms with E-state index in [-0.39, 0.29) is 0 Å². The summed E-state index contributed by atoms with van der Waals surface area (Å²) in [7, 11) is 0. The van der Waals surface area contributed by atoms with Crippen molar-refractivity contribution >= 4 is 15.9 Å². The van der Waals surface area contributed by atoms with Gasteiger partial charge in [0.2, 0.25) is 0 Å². The van der Waals surface area contributed by atoms with E-state index in [0.29, 0.717) is 10.7 Å². The lowest BCUT2D eigenvalue weighted by Gasteiger charge is -1.92. The largest absolute Gasteiger partial charge is 0.221 e. The summed E-state index contributed by atoms with van der Waals surface area (Å²) in [6.45, 7) is 0. The maximum Gasteiger partial charge on any atom is 0.199 e. The molecule has 0 atom stereocenters. The first-order valence-corrected chi connectivity index (χ1v) is 4.00. The predicted molar refractivity (Wildman–Crippen MR) is 39.5 cm³/mol. The van der Waals surface area contributed by atoms with Crippen molar-refractivity contribution in [2.75, 3.05) is 0 Å². The highest BCUT2D eigenvalue weighted by molar-refractivity contribution is 9.10. The van der Waals surface area contributed by atoms with Crippen LogP contribution in [0.5, 0.6) is 0 Å². The molecule has 3 nitrogen and oxygen atoms in total. The van der Waals surface area contributed by atoms with Crippen molar-refractivity contribution in [2.45, 2.75) is 18.8 Å². The van der Waals surface area contributed by atoms with Crippen LogP contribution in [0.1, 0.15) is 24.6 Å². The minimum atomic E-state index is 0.610. The average molecular weight is 200 g/mol. The molecule has 2 rings (SSSR count). The van der Waals surface area contributed by atoms with Crippen LogP contribution in [0.2, 0.25) is 0 Å². The molecule has 0 amide bonds. The van der Waals surface area contributed by atoms with Gasteiger partial charge in [-0.2, -0.15) is 0 Å². The molecule has 0 aliphatic heterocycles. The van der Waals surface area contributed by atoms with E-state index in [0.717, 1.165) is 5.82 Å². The van der Waals surface area contributed by atoms with E-state index in [1.807, 2.05) is 0 Å². The van der Waals surface area contributed by atoms with Crippen LogP contribution in [0, 0.1) is 0 Å². The van der Waals surface area contributed by atoms with Crippen molar-refractivity contribution in [1.82, 2.24) is 15.0 Å². The van der Waals surface area contributed by atoms with Gasteiger partial charge in [-0.3, -0.25) is 0 Å². The van der Waals surface area contributed by atoms with Crippen LogP contribution in [-0.2, 0) is 0 Å². The quantitative estimate of drug-likeness (QED) is 0.689. The molecule has 0 N–H and O–H groups in total. The summed E-state index contributed by atoms with van der Waals surface area (Å²) < 4.78 is 0.643. The van der Waals surface area contributed by atoms with Crippen LogP contribution in [0.25, 0.3) is 0 Å². The van der Waals surface area contributed by atoms with E-state index in [2.05, 4.69) is 30.9 Å². The zero-order chi connectivity index (χ0) is 6.97. The van der Waals surface area contributed by atoms with Crippen LogP contribution < -0.4 is 0 Å². The molecular weight excluding hydrogens is 194 g/mol. The number of hydrogen-bond acceptors (Lipinski definition) is 3. The minimum absolute atomic E-state index is 0.610. The average Bonchev–Trinajstić information content (AvgIpc) is 2.68. The fraction of sp³-hybridized carbons (Fsp3) is 0.500. The second-order valence-electron chi connectivity index (χ2n) is 2.39. The molecule has 1 aromatic heterocycles. The van der Waals surface area contributed by atoms with Crippen molar-refractivity contribution < 1.29 is 0 Å². The van der Waals surface area contributed by atoms with E-state index < -0.39 is 0 Å². The van der Waals surface area contributed by atoms with Crippen molar-refractivity contribution in [2.24, 2.45) is 0 Å². The van der Waals surface area contributed by atoms with Gasteiger partial charge in [-0.25, -0.2) is 15.0 Å². The van der Waals surface area contributed by atoms with E-state index in [1.54, 1.807) is 6.33 Å². The molecule has 10 heavy (non-hydrogen) atoms. The summed E-state index contributed by atoms with van der Waals surface area (Å²) in [6.07, 6.45) is 4.01. The number of hydrogen-bond donors (Lipinski definition) is 0. The Labute approximate surface area is 67.0 Å². The maximum atomic E-state index is 4.13. The van der Waals surface area contributed by atoms with Crippen LogP contribution in [0.15, 0.2) is 11.1 Å². The molecule has 1 heterocycles. The molecule has 1 fully saturated rings. The summed E-state index contributed by atoms with van der Waals surface area (Å²) in [5.41, 5.74) is 0. The summed E-state index contributed by atoms with van der Waals surface area (Å²) in [5, 5.41) is 0. The Morgan fingerprint density at radius 2 is 2.20 bits per heavy atom. The van der Waals surface area contributed by atoms with Crippen molar-refractivity contribution in [1.29, 1.82) is 0 Å². The lowest BCUT2D eigenvalue weighted by atomic mass is 10.4. The summed E-state index contributed by atoms with van der Waals surface area (Å²) in [6, 6.07) is 0. The van der Waals surface area contributed by atoms with Crippen LogP contribution in [-0.4, -0.2) is 15.0 Å². The predicted octanol–water partition coefficient (Wildman–Crippen LogP) is 1.51. The Hall–Kier alpha value is -0.510. The van der Waals surface area contributed by atoms with Crippen LogP contribution >= 0.6 is 15.9 Å². The molecule has 1 aromatic rings. The third-order valence-corrected chi connectivity index (χ3v) is 1.89. The first-order chi connectivity index (χ1) is 4.86. The van der Waals surface area contributed by atoms with Gasteiger partial charge in [0.15, 0.2) is 4.73 Å². The summed E-state index contributed by atoms with van der Waals surface area (Å²) in [5.74, 6) is 1.54. The highest BCUT2D eigenvalue weighted by atomic mass is 79.9. The molecule has 1 aliphatic carbocycles. The molecule has 0 bridgehead atoms. The number of nitrogens with zero attached hydrogens (tertiary/aromatic N) is 3. The lowest BCUT2D eigenvalue weighted by molar-refractivity contribution is 0.867. The fourth-order valence-corrected chi connectivity index (χ4v) is 1.10. The first kappa shape index (κ1) is 6.22. The normalized spacial score (nSPS) is 17.3. The second-order valence-corrected chi connectivity index (χ2v) is 3.10. The van der Waals surface area contributed by atoms with Gasteiger partial charge in [-0.05, 0) is 28.8 Å². The van der Waals surface area contributed by atoms with Crippen molar-refractivity contribution in [3.05, 3.63) is 16.9 Å². The third-order valence-electron chi connectivity index (χ3n) is 1.50. The van der Waals surface area contributed by atoms with Gasteiger partial charge >= 0.3 is 0 Å². The second kappa shape index (κ2) is 2.27. The molecule has 0 unspecified atom stereocenters. The van der Waals surface area contributed by atoms with Gasteiger partial charge in [0.25, 0.3) is 0 Å². The standard InChI is InChI=1S/C6H6BrN3/c7-6-9-3-8-5(10-6)4-1-2-4/h3-4H,1-2H2. The Morgan fingerprint density at radius 3 is 2.80 bits per heavy atom. The fourth-order valence-electron chi connectivity index (χ4n) is 0.826. The maximum absolute atomic E-state index is 4.13. The lowest BCUT2D eigenvalue weighted by Crippen LogP contribution is -1.93. The first-order valence-electron chi connectivity index (χ1n) is 3.20. The van der Waals surface area contributed by atoms with Crippen molar-refractivity contribution in [3.8, 4) is 0 Å². The topological polar surface area (TPSA) is 38.7 Å². The Morgan fingerprint density at radius 1 is 1.40 bits per heavy atom. The number of rotatable bonds is 1. The monoisotopic (exact) mass is 199 g/mol. The summed E-state index contributed by atoms with van der Waals surface area (Å²) >= 11 is 3.20. The Balaban J connectivity index is 2.32. The Bertz CT molecular complexity index is 247. The van der Waals surface area contributed by atoms with Crippen molar-refractivity contribution in [3.63, 3.8) is 0 Å². The molecule has 0 saturated heterocycles. The Kier molecular flexibility index (Phi) is 1.41. The van der Waals surface area contributed by atoms with Gasteiger partial charge in [0.1, 0.15) is 12.2 Å². The highest BCUT2D eigenvalue weighted by Crippen LogP contribution is 2.37. The van der Waals surface area contributed by atoms with Gasteiger partial charge in [0, 0.05) is 5.92 Å². The zero-order valence-electron chi connectivity index (χ0n) is 5.29. The SMILES string of the molecule is Brc1ncnc(C2CC2)n1. The van der Waals surface area contributed by atoms with E-state index in [1.165, 1.54) is 12.8 Å². The van der Waals surface area contributed by atoms with E-state index in [4.69, 9.17) is 0 Å². The number of halogens is 1. The highest BCUT2D eigenvalue weighted by Gasteiger charge is 2.26. The van der Waals surface area contributed by atoms with Gasteiger partial charge in [-0.1, -0.05) is 0 Å². The van der Waals surface area contributed by atoms with E-state index in [9.17, 15) is 0 Å². The van der Waals surface area contributed by atoms with Gasteiger partial charge < -0.3 is 0 Å². The summed E-state index contributed by atoms with van der Waals surface area (Å²) in [4.78, 5) is 12.0. The molecule has 0 spiro atoms. The molecule has 52 valence electrons.